The Morgan fingerprint density at radius 2 is 1.70 bits per heavy atom. The minimum atomic E-state index is -0.995. The van der Waals surface area contributed by atoms with E-state index in [0.717, 1.165) is 0 Å². The number of imidazole rings is 1. The van der Waals surface area contributed by atoms with E-state index in [-0.39, 0.29) is 11.5 Å². The average Bonchev–Trinajstić information content (AvgIpc) is 2.77. The summed E-state index contributed by atoms with van der Waals surface area (Å²) in [6, 6.07) is 8.67. The predicted octanol–water partition coefficient (Wildman–Crippen LogP) is 2.73. The number of nitrogens with one attached hydrogen (secondary N) is 2. The fourth-order valence-corrected chi connectivity index (χ4v) is 2.37. The molecule has 1 unspecified atom stereocenters. The Kier molecular flexibility index (Phi) is 3.08. The van der Waals surface area contributed by atoms with Gasteiger partial charge in [0, 0.05) is 10.6 Å². The fraction of sp³-hybridized carbons (Fsp3) is 0.0714. The van der Waals surface area contributed by atoms with Crippen molar-refractivity contribution in [1.29, 1.82) is 0 Å². The molecule has 1 atom stereocenters. The van der Waals surface area contributed by atoms with Crippen LogP contribution in [0.1, 0.15) is 17.2 Å². The van der Waals surface area contributed by atoms with E-state index < -0.39 is 6.10 Å². The molecule has 0 aliphatic carbocycles. The molecule has 20 heavy (non-hydrogen) atoms. The number of benzene rings is 2. The molecule has 0 aliphatic rings. The van der Waals surface area contributed by atoms with Crippen LogP contribution in [0.25, 0.3) is 11.0 Å². The number of aromatic amines is 2. The van der Waals surface area contributed by atoms with E-state index in [9.17, 15) is 14.3 Å². The van der Waals surface area contributed by atoms with Gasteiger partial charge in [0.15, 0.2) is 0 Å². The summed E-state index contributed by atoms with van der Waals surface area (Å²) in [7, 11) is 0. The van der Waals surface area contributed by atoms with Crippen LogP contribution >= 0.6 is 11.6 Å². The summed E-state index contributed by atoms with van der Waals surface area (Å²) >= 11 is 6.12. The number of H-pyrrole nitrogens is 2. The van der Waals surface area contributed by atoms with Crippen LogP contribution in [-0.2, 0) is 0 Å². The van der Waals surface area contributed by atoms with Crippen molar-refractivity contribution < 1.29 is 9.50 Å². The number of aliphatic hydroxyl groups excluding tert-OH is 1. The highest BCUT2D eigenvalue weighted by molar-refractivity contribution is 6.32. The lowest BCUT2D eigenvalue weighted by Crippen LogP contribution is -2.01. The minimum absolute atomic E-state index is 0.324. The summed E-state index contributed by atoms with van der Waals surface area (Å²) in [5, 5.41) is 10.6. The SMILES string of the molecule is O=c1[nH]c2cc(Cl)c(C(O)c3ccc(F)cc3)cc2[nH]1. The second-order valence-electron chi connectivity index (χ2n) is 4.45. The molecule has 1 aromatic heterocycles. The van der Waals surface area contributed by atoms with Gasteiger partial charge < -0.3 is 15.1 Å². The van der Waals surface area contributed by atoms with Gasteiger partial charge in [-0.25, -0.2) is 9.18 Å². The van der Waals surface area contributed by atoms with Crippen LogP contribution in [0.5, 0.6) is 0 Å². The number of hydrogen-bond donors (Lipinski definition) is 3. The number of hydrogen-bond acceptors (Lipinski definition) is 2. The summed E-state index contributed by atoms with van der Waals surface area (Å²) in [6.45, 7) is 0. The first kappa shape index (κ1) is 12.9. The number of halogens is 2. The minimum Gasteiger partial charge on any atom is -0.384 e. The van der Waals surface area contributed by atoms with Gasteiger partial charge in [0.1, 0.15) is 11.9 Å². The molecule has 3 N–H and O–H groups in total. The molecular formula is C14H10ClFN2O2. The summed E-state index contributed by atoms with van der Waals surface area (Å²) in [6.07, 6.45) is -0.995. The lowest BCUT2D eigenvalue weighted by Gasteiger charge is -2.13. The number of fused-ring (bicyclic) bond motifs is 1. The standard InChI is InChI=1S/C14H10ClFN2O2/c15-10-6-12-11(17-14(20)18-12)5-9(10)13(19)7-1-3-8(16)4-2-7/h1-6,13,19H,(H2,17,18,20). The van der Waals surface area contributed by atoms with Gasteiger partial charge >= 0.3 is 5.69 Å². The maximum atomic E-state index is 12.9. The number of rotatable bonds is 2. The van der Waals surface area contributed by atoms with Gasteiger partial charge in [0.2, 0.25) is 0 Å². The number of aromatic nitrogens is 2. The normalized spacial score (nSPS) is 12.8. The Bertz CT molecular complexity index is 823. The summed E-state index contributed by atoms with van der Waals surface area (Å²) in [5.74, 6) is -0.377. The van der Waals surface area contributed by atoms with Gasteiger partial charge in [0.25, 0.3) is 0 Å². The Morgan fingerprint density at radius 3 is 2.35 bits per heavy atom. The molecule has 0 bridgehead atoms. The molecule has 0 radical (unpaired) electrons. The van der Waals surface area contributed by atoms with E-state index in [1.165, 1.54) is 24.3 Å². The van der Waals surface area contributed by atoms with Crippen molar-refractivity contribution in [3.05, 3.63) is 68.8 Å². The molecule has 4 nitrogen and oxygen atoms in total. The molecule has 3 rings (SSSR count). The molecule has 0 saturated carbocycles. The second kappa shape index (κ2) is 4.77. The van der Waals surface area contributed by atoms with E-state index >= 15 is 0 Å². The summed E-state index contributed by atoms with van der Waals surface area (Å²) < 4.78 is 12.9. The van der Waals surface area contributed by atoms with E-state index in [1.807, 2.05) is 0 Å². The van der Waals surface area contributed by atoms with Crippen LogP contribution in [-0.4, -0.2) is 15.1 Å². The van der Waals surface area contributed by atoms with Crippen LogP contribution in [0.3, 0.4) is 0 Å². The van der Waals surface area contributed by atoms with Crippen molar-refractivity contribution in [1.82, 2.24) is 9.97 Å². The van der Waals surface area contributed by atoms with Crippen LogP contribution in [0.15, 0.2) is 41.2 Å². The largest absolute Gasteiger partial charge is 0.384 e. The highest BCUT2D eigenvalue weighted by atomic mass is 35.5. The van der Waals surface area contributed by atoms with E-state index in [4.69, 9.17) is 11.6 Å². The molecule has 6 heteroatoms. The Morgan fingerprint density at radius 1 is 1.10 bits per heavy atom. The quantitative estimate of drug-likeness (QED) is 0.680. The predicted molar refractivity (Wildman–Crippen MR) is 74.4 cm³/mol. The van der Waals surface area contributed by atoms with Gasteiger partial charge in [-0.3, -0.25) is 0 Å². The highest BCUT2D eigenvalue weighted by Gasteiger charge is 2.16. The van der Waals surface area contributed by atoms with Crippen LogP contribution in [0.4, 0.5) is 4.39 Å². The molecule has 0 amide bonds. The Labute approximate surface area is 117 Å². The molecule has 0 fully saturated rings. The second-order valence-corrected chi connectivity index (χ2v) is 4.86. The number of aliphatic hydroxyl groups is 1. The third kappa shape index (κ3) is 2.21. The van der Waals surface area contributed by atoms with Crippen molar-refractivity contribution in [3.63, 3.8) is 0 Å². The van der Waals surface area contributed by atoms with E-state index in [1.54, 1.807) is 12.1 Å². The van der Waals surface area contributed by atoms with Crippen molar-refractivity contribution in [3.8, 4) is 0 Å². The third-order valence-electron chi connectivity index (χ3n) is 3.11. The maximum Gasteiger partial charge on any atom is 0.323 e. The fourth-order valence-electron chi connectivity index (χ4n) is 2.11. The zero-order valence-electron chi connectivity index (χ0n) is 10.2. The lowest BCUT2D eigenvalue weighted by molar-refractivity contribution is 0.220. The van der Waals surface area contributed by atoms with Gasteiger partial charge in [-0.05, 0) is 29.8 Å². The van der Waals surface area contributed by atoms with Crippen LogP contribution < -0.4 is 5.69 Å². The summed E-state index contributed by atoms with van der Waals surface area (Å²) in [5.41, 5.74) is 1.74. The molecule has 1 heterocycles. The van der Waals surface area contributed by atoms with Gasteiger partial charge in [-0.1, -0.05) is 23.7 Å². The molecular weight excluding hydrogens is 283 g/mol. The third-order valence-corrected chi connectivity index (χ3v) is 3.44. The molecule has 0 saturated heterocycles. The maximum absolute atomic E-state index is 12.9. The molecule has 0 aliphatic heterocycles. The monoisotopic (exact) mass is 292 g/mol. The zero-order valence-corrected chi connectivity index (χ0v) is 10.9. The van der Waals surface area contributed by atoms with Gasteiger partial charge in [-0.2, -0.15) is 0 Å². The first-order valence-corrected chi connectivity index (χ1v) is 6.27. The summed E-state index contributed by atoms with van der Waals surface area (Å²) in [4.78, 5) is 16.4. The average molecular weight is 293 g/mol. The van der Waals surface area contributed by atoms with Crippen molar-refractivity contribution >= 4 is 22.6 Å². The first-order valence-electron chi connectivity index (χ1n) is 5.89. The Balaban J connectivity index is 2.10. The van der Waals surface area contributed by atoms with Crippen molar-refractivity contribution in [2.24, 2.45) is 0 Å². The van der Waals surface area contributed by atoms with Crippen molar-refractivity contribution in [2.75, 3.05) is 0 Å². The molecule has 102 valence electrons. The van der Waals surface area contributed by atoms with E-state index in [0.29, 0.717) is 27.2 Å². The van der Waals surface area contributed by atoms with Crippen LogP contribution in [0, 0.1) is 5.82 Å². The molecule has 3 aromatic rings. The molecule has 2 aromatic carbocycles. The van der Waals surface area contributed by atoms with E-state index in [2.05, 4.69) is 9.97 Å². The lowest BCUT2D eigenvalue weighted by atomic mass is 10.0. The topological polar surface area (TPSA) is 68.9 Å². The van der Waals surface area contributed by atoms with Crippen LogP contribution in [0.2, 0.25) is 5.02 Å². The smallest absolute Gasteiger partial charge is 0.323 e. The molecule has 0 spiro atoms. The van der Waals surface area contributed by atoms with Gasteiger partial charge in [-0.15, -0.1) is 0 Å². The highest BCUT2D eigenvalue weighted by Crippen LogP contribution is 2.30. The Hall–Kier alpha value is -2.11. The first-order chi connectivity index (χ1) is 9.54. The van der Waals surface area contributed by atoms with Gasteiger partial charge in [0.05, 0.1) is 11.0 Å². The zero-order chi connectivity index (χ0) is 14.3. The van der Waals surface area contributed by atoms with Crippen molar-refractivity contribution in [2.45, 2.75) is 6.10 Å².